The second-order valence-corrected chi connectivity index (χ2v) is 9.46. The van der Waals surface area contributed by atoms with E-state index < -0.39 is 7.92 Å². The molecule has 4 nitrogen and oxygen atoms in total. The van der Waals surface area contributed by atoms with Crippen molar-refractivity contribution >= 4 is 30.1 Å². The summed E-state index contributed by atoms with van der Waals surface area (Å²) in [7, 11) is 2.72. The molecule has 0 spiro atoms. The molecular formula is C31H33FeO4P+. The van der Waals surface area contributed by atoms with Gasteiger partial charge in [-0.1, -0.05) is 97.4 Å². The van der Waals surface area contributed by atoms with Gasteiger partial charge >= 0.3 is 28.4 Å². The van der Waals surface area contributed by atoms with Gasteiger partial charge in [0.2, 0.25) is 0 Å². The zero-order chi connectivity index (χ0) is 26.3. The fourth-order valence-electron chi connectivity index (χ4n) is 3.17. The van der Waals surface area contributed by atoms with Gasteiger partial charge in [-0.25, -0.2) is 0 Å². The van der Waals surface area contributed by atoms with E-state index in [-0.39, 0.29) is 23.4 Å². The molecule has 1 aliphatic carbocycles. The molecule has 0 N–H and O–H groups in total. The van der Waals surface area contributed by atoms with Crippen molar-refractivity contribution < 1.29 is 36.0 Å². The Morgan fingerprint density at radius 1 is 0.703 bits per heavy atom. The van der Waals surface area contributed by atoms with Gasteiger partial charge in [-0.05, 0) is 62.4 Å². The number of hydrogen-bond acceptors (Lipinski definition) is 3. The first kappa shape index (κ1) is 34.9. The number of ether oxygens (including phenoxy) is 2. The molecule has 6 heteroatoms. The third-order valence-electron chi connectivity index (χ3n) is 4.84. The summed E-state index contributed by atoms with van der Waals surface area (Å²) in [5.41, 5.74) is 0. The molecule has 5 radical (unpaired) electrons. The van der Waals surface area contributed by atoms with Crippen molar-refractivity contribution in [2.45, 2.75) is 25.6 Å². The molecular weight excluding hydrogens is 523 g/mol. The Labute approximate surface area is 235 Å². The van der Waals surface area contributed by atoms with Gasteiger partial charge in [0.15, 0.2) is 6.29 Å². The first-order valence-electron chi connectivity index (χ1n) is 11.5. The summed E-state index contributed by atoms with van der Waals surface area (Å²) in [6.07, 6.45) is 13.6. The van der Waals surface area contributed by atoms with Crippen LogP contribution in [0.25, 0.3) is 0 Å². The molecule has 1 aliphatic rings. The Bertz CT molecular complexity index is 813. The third kappa shape index (κ3) is 15.1. The molecule has 0 saturated heterocycles. The standard InChI is InChI=1S/C18H15P.C7H13O3.C5H5.CO.Fe/c1-4-10-16(11-5-1)19(17-12-6-2-7-13-17)18-14-8-3-9-15-18;1-9-7(10-2)5-3-4-6-8;1-2-4-5-3-1;1-2;/h1-15H;7H,3-5H2,1-2H3;1-5H;;/q;-1;;;+2. The topological polar surface area (TPSA) is 55.4 Å². The van der Waals surface area contributed by atoms with E-state index in [2.05, 4.69) is 97.6 Å². The van der Waals surface area contributed by atoms with E-state index in [0.29, 0.717) is 6.42 Å². The second-order valence-electron chi connectivity index (χ2n) is 7.24. The van der Waals surface area contributed by atoms with Crippen LogP contribution < -0.4 is 15.9 Å². The fourth-order valence-corrected chi connectivity index (χ4v) is 5.48. The molecule has 37 heavy (non-hydrogen) atoms. The summed E-state index contributed by atoms with van der Waals surface area (Å²) < 4.78 is 17.3. The molecule has 3 aromatic rings. The van der Waals surface area contributed by atoms with E-state index in [1.54, 1.807) is 14.2 Å². The summed E-state index contributed by atoms with van der Waals surface area (Å²) in [6.45, 7) is 4.50. The first-order chi connectivity index (χ1) is 17.8. The summed E-state index contributed by atoms with van der Waals surface area (Å²) in [4.78, 5) is 9.76. The monoisotopic (exact) mass is 556 g/mol. The SMILES string of the molecule is COC(CCC[C-]=O)OC.[C-]#[O+].[CH]1[CH][CH][CH][CH]1.[Fe+2].c1ccc(P(c2ccccc2)c2ccccc2)cc1. The molecule has 1 saturated carbocycles. The van der Waals surface area contributed by atoms with E-state index >= 15 is 0 Å². The van der Waals surface area contributed by atoms with Crippen LogP contribution in [0.4, 0.5) is 0 Å². The molecule has 4 rings (SSSR count). The van der Waals surface area contributed by atoms with Crippen molar-refractivity contribution in [3.05, 3.63) is 130 Å². The van der Waals surface area contributed by atoms with Crippen LogP contribution in [0, 0.1) is 38.8 Å². The summed E-state index contributed by atoms with van der Waals surface area (Å²) in [5, 5.41) is 4.19. The van der Waals surface area contributed by atoms with E-state index in [1.807, 2.05) is 38.4 Å². The smallest absolute Gasteiger partial charge is 0.0622 e. The largest absolute Gasteiger partial charge is 2.00 e. The van der Waals surface area contributed by atoms with Gasteiger partial charge in [0.1, 0.15) is 0 Å². The predicted octanol–water partition coefficient (Wildman–Crippen LogP) is 5.31. The maximum atomic E-state index is 9.76. The zero-order valence-electron chi connectivity index (χ0n) is 21.2. The van der Waals surface area contributed by atoms with Crippen molar-refractivity contribution in [1.29, 1.82) is 0 Å². The van der Waals surface area contributed by atoms with Gasteiger partial charge in [-0.15, -0.1) is 0 Å². The van der Waals surface area contributed by atoms with Crippen molar-refractivity contribution in [1.82, 2.24) is 0 Å². The molecule has 0 atom stereocenters. The molecule has 0 aliphatic heterocycles. The van der Waals surface area contributed by atoms with Gasteiger partial charge in [0.05, 0.1) is 0 Å². The van der Waals surface area contributed by atoms with Crippen molar-refractivity contribution in [2.75, 3.05) is 14.2 Å². The fraction of sp³-hybridized carbons (Fsp3) is 0.194. The molecule has 3 aromatic carbocycles. The number of unbranched alkanes of at least 4 members (excludes halogenated alkanes) is 1. The van der Waals surface area contributed by atoms with Crippen molar-refractivity contribution in [2.24, 2.45) is 0 Å². The van der Waals surface area contributed by atoms with E-state index in [1.165, 1.54) is 15.9 Å². The predicted molar refractivity (Wildman–Crippen MR) is 148 cm³/mol. The number of methoxy groups -OCH3 is 2. The number of benzene rings is 3. The normalized spacial score (nSPS) is 11.5. The van der Waals surface area contributed by atoms with Gasteiger partial charge in [-0.3, -0.25) is 6.29 Å². The van der Waals surface area contributed by atoms with E-state index in [4.69, 9.17) is 14.1 Å². The van der Waals surface area contributed by atoms with Crippen LogP contribution in [-0.4, -0.2) is 26.8 Å². The maximum Gasteiger partial charge on any atom is 2.00 e. The van der Waals surface area contributed by atoms with Crippen LogP contribution in [0.2, 0.25) is 0 Å². The summed E-state index contributed by atoms with van der Waals surface area (Å²) in [5.74, 6) is 0. The molecule has 0 aromatic heterocycles. The summed E-state index contributed by atoms with van der Waals surface area (Å²) >= 11 is 0. The summed E-state index contributed by atoms with van der Waals surface area (Å²) in [6, 6.07) is 32.3. The first-order valence-corrected chi connectivity index (χ1v) is 12.9. The average molecular weight is 556 g/mol. The number of hydrogen-bond donors (Lipinski definition) is 0. The van der Waals surface area contributed by atoms with Crippen LogP contribution >= 0.6 is 7.92 Å². The van der Waals surface area contributed by atoms with Crippen LogP contribution in [0.1, 0.15) is 19.3 Å². The molecule has 0 bridgehead atoms. The minimum atomic E-state index is -0.446. The van der Waals surface area contributed by atoms with Crippen LogP contribution in [0.5, 0.6) is 0 Å². The Morgan fingerprint density at radius 3 is 1.30 bits per heavy atom. The Hall–Kier alpha value is -2.06. The number of rotatable bonds is 9. The van der Waals surface area contributed by atoms with Crippen molar-refractivity contribution in [3.63, 3.8) is 0 Å². The van der Waals surface area contributed by atoms with Gasteiger partial charge in [-0.2, -0.15) is 6.42 Å². The van der Waals surface area contributed by atoms with E-state index in [0.717, 1.165) is 12.8 Å². The molecule has 193 valence electrons. The third-order valence-corrected chi connectivity index (χ3v) is 7.29. The average Bonchev–Trinajstić information content (AvgIpc) is 3.55. The van der Waals surface area contributed by atoms with Crippen LogP contribution in [0.15, 0.2) is 91.0 Å². The quantitative estimate of drug-likeness (QED) is 0.0897. The van der Waals surface area contributed by atoms with Crippen LogP contribution in [0.3, 0.4) is 0 Å². The van der Waals surface area contributed by atoms with Crippen LogP contribution in [-0.2, 0) is 36.0 Å². The Kier molecular flexibility index (Phi) is 22.9. The zero-order valence-corrected chi connectivity index (χ0v) is 23.2. The molecule has 0 unspecified atom stereocenters. The van der Waals surface area contributed by atoms with E-state index in [9.17, 15) is 4.79 Å². The maximum absolute atomic E-state index is 9.76. The molecule has 1 fully saturated rings. The number of carbonyl (C=O) groups excluding carboxylic acids is 1. The Balaban J connectivity index is 0.000000607. The molecule has 0 amide bonds. The van der Waals surface area contributed by atoms with Gasteiger partial charge < -0.3 is 14.3 Å². The second kappa shape index (κ2) is 24.3. The van der Waals surface area contributed by atoms with Gasteiger partial charge in [0.25, 0.3) is 0 Å². The van der Waals surface area contributed by atoms with Crippen molar-refractivity contribution in [3.8, 4) is 0 Å². The Morgan fingerprint density at radius 2 is 1.03 bits per heavy atom. The van der Waals surface area contributed by atoms with Gasteiger partial charge in [0, 0.05) is 14.2 Å². The minimum Gasteiger partial charge on any atom is -0.0622 e. The molecule has 0 heterocycles. The minimum absolute atomic E-state index is 0.